The first-order valence-electron chi connectivity index (χ1n) is 4.26. The Bertz CT molecular complexity index is 271. The molecule has 1 heterocycles. The van der Waals surface area contributed by atoms with Crippen molar-refractivity contribution in [3.05, 3.63) is 11.1 Å². The lowest BCUT2D eigenvalue weighted by molar-refractivity contribution is 0.0180. The molecular weight excluding hydrogens is 206 g/mol. The third kappa shape index (κ3) is 2.67. The zero-order valence-electron chi connectivity index (χ0n) is 8.53. The average Bonchev–Trinajstić information content (AvgIpc) is 2.48. The molecule has 1 aromatic rings. The van der Waals surface area contributed by atoms with Crippen LogP contribution in [0.4, 0.5) is 0 Å². The summed E-state index contributed by atoms with van der Waals surface area (Å²) in [6, 6.07) is 0. The maximum Gasteiger partial charge on any atom is 0.225 e. The molecule has 0 aliphatic heterocycles. The van der Waals surface area contributed by atoms with Gasteiger partial charge >= 0.3 is 0 Å². The first-order chi connectivity index (χ1) is 6.69. The standard InChI is InChI=1S/C8H14ClN3O2/c1-6-10-11-8(9)12(6)4-7(14-3)5-13-2/h7H,4-5H2,1-3H3. The highest BCUT2D eigenvalue weighted by Gasteiger charge is 2.13. The van der Waals surface area contributed by atoms with Gasteiger partial charge in [0.2, 0.25) is 5.28 Å². The van der Waals surface area contributed by atoms with Crippen LogP contribution in [0.25, 0.3) is 0 Å². The minimum absolute atomic E-state index is 0.0350. The number of rotatable bonds is 5. The SMILES string of the molecule is COCC(Cn1c(C)nnc1Cl)OC. The summed E-state index contributed by atoms with van der Waals surface area (Å²) in [7, 11) is 3.27. The van der Waals surface area contributed by atoms with Crippen molar-refractivity contribution in [2.75, 3.05) is 20.8 Å². The third-order valence-electron chi connectivity index (χ3n) is 1.96. The Hall–Kier alpha value is -0.650. The second-order valence-corrected chi connectivity index (χ2v) is 3.28. The Morgan fingerprint density at radius 3 is 2.57 bits per heavy atom. The molecule has 0 amide bonds. The van der Waals surface area contributed by atoms with Crippen LogP contribution >= 0.6 is 11.6 Å². The van der Waals surface area contributed by atoms with Crippen LogP contribution in [-0.4, -0.2) is 41.7 Å². The van der Waals surface area contributed by atoms with Crippen molar-refractivity contribution in [3.8, 4) is 0 Å². The lowest BCUT2D eigenvalue weighted by Crippen LogP contribution is -2.24. The van der Waals surface area contributed by atoms with Crippen molar-refractivity contribution in [1.82, 2.24) is 14.8 Å². The molecular formula is C8H14ClN3O2. The van der Waals surface area contributed by atoms with Gasteiger partial charge in [-0.05, 0) is 18.5 Å². The van der Waals surface area contributed by atoms with Gasteiger partial charge in [0.25, 0.3) is 0 Å². The Morgan fingerprint density at radius 1 is 1.43 bits per heavy atom. The average molecular weight is 220 g/mol. The van der Waals surface area contributed by atoms with Crippen molar-refractivity contribution in [2.45, 2.75) is 19.6 Å². The molecule has 0 bridgehead atoms. The van der Waals surface area contributed by atoms with Crippen molar-refractivity contribution in [2.24, 2.45) is 0 Å². The van der Waals surface area contributed by atoms with Gasteiger partial charge in [-0.1, -0.05) is 0 Å². The highest BCUT2D eigenvalue weighted by atomic mass is 35.5. The zero-order valence-corrected chi connectivity index (χ0v) is 9.28. The van der Waals surface area contributed by atoms with Crippen molar-refractivity contribution in [3.63, 3.8) is 0 Å². The van der Waals surface area contributed by atoms with Crippen LogP contribution in [-0.2, 0) is 16.0 Å². The fourth-order valence-electron chi connectivity index (χ4n) is 1.15. The molecule has 6 heteroatoms. The molecule has 0 saturated heterocycles. The number of nitrogens with zero attached hydrogens (tertiary/aromatic N) is 3. The number of hydrogen-bond acceptors (Lipinski definition) is 4. The molecule has 0 aromatic carbocycles. The quantitative estimate of drug-likeness (QED) is 0.739. The summed E-state index contributed by atoms with van der Waals surface area (Å²) in [5.41, 5.74) is 0. The minimum atomic E-state index is -0.0350. The van der Waals surface area contributed by atoms with Gasteiger partial charge in [0.1, 0.15) is 5.82 Å². The summed E-state index contributed by atoms with van der Waals surface area (Å²) < 4.78 is 12.0. The zero-order chi connectivity index (χ0) is 10.6. The van der Waals surface area contributed by atoms with Gasteiger partial charge in [-0.15, -0.1) is 10.2 Å². The number of methoxy groups -OCH3 is 2. The van der Waals surface area contributed by atoms with Gasteiger partial charge in [0.15, 0.2) is 0 Å². The van der Waals surface area contributed by atoms with Crippen LogP contribution in [0.15, 0.2) is 0 Å². The van der Waals surface area contributed by atoms with E-state index in [-0.39, 0.29) is 6.10 Å². The highest BCUT2D eigenvalue weighted by Crippen LogP contribution is 2.09. The van der Waals surface area contributed by atoms with E-state index < -0.39 is 0 Å². The van der Waals surface area contributed by atoms with Gasteiger partial charge < -0.3 is 9.47 Å². The Balaban J connectivity index is 2.66. The van der Waals surface area contributed by atoms with Crippen molar-refractivity contribution < 1.29 is 9.47 Å². The molecule has 0 aliphatic carbocycles. The molecule has 1 unspecified atom stereocenters. The van der Waals surface area contributed by atoms with E-state index in [1.165, 1.54) is 0 Å². The van der Waals surface area contributed by atoms with Gasteiger partial charge in [0, 0.05) is 14.2 Å². The smallest absolute Gasteiger partial charge is 0.225 e. The lowest BCUT2D eigenvalue weighted by atomic mass is 10.3. The summed E-state index contributed by atoms with van der Waals surface area (Å²) in [5.74, 6) is 0.771. The van der Waals surface area contributed by atoms with Crippen LogP contribution in [0.3, 0.4) is 0 Å². The van der Waals surface area contributed by atoms with Gasteiger partial charge in [-0.25, -0.2) is 0 Å². The number of halogens is 1. The van der Waals surface area contributed by atoms with Crippen LogP contribution in [0.1, 0.15) is 5.82 Å². The first-order valence-corrected chi connectivity index (χ1v) is 4.63. The number of aromatic nitrogens is 3. The molecule has 0 aliphatic rings. The predicted octanol–water partition coefficient (Wildman–Crippen LogP) is 0.901. The van der Waals surface area contributed by atoms with Gasteiger partial charge in [0.05, 0.1) is 19.3 Å². The molecule has 1 rings (SSSR count). The van der Waals surface area contributed by atoms with E-state index in [0.717, 1.165) is 5.82 Å². The van der Waals surface area contributed by atoms with E-state index in [1.807, 2.05) is 6.92 Å². The molecule has 0 fully saturated rings. The highest BCUT2D eigenvalue weighted by molar-refractivity contribution is 6.28. The van der Waals surface area contributed by atoms with E-state index >= 15 is 0 Å². The van der Waals surface area contributed by atoms with Crippen molar-refractivity contribution >= 4 is 11.6 Å². The fraction of sp³-hybridized carbons (Fsp3) is 0.750. The predicted molar refractivity (Wildman–Crippen MR) is 52.4 cm³/mol. The number of ether oxygens (including phenoxy) is 2. The minimum Gasteiger partial charge on any atom is -0.382 e. The summed E-state index contributed by atoms with van der Waals surface area (Å²) in [6.45, 7) is 2.96. The van der Waals surface area contributed by atoms with Crippen LogP contribution in [0.5, 0.6) is 0 Å². The molecule has 80 valence electrons. The molecule has 14 heavy (non-hydrogen) atoms. The summed E-state index contributed by atoms with van der Waals surface area (Å²) in [6.07, 6.45) is -0.0350. The maximum atomic E-state index is 5.84. The van der Waals surface area contributed by atoms with Gasteiger partial charge in [-0.3, -0.25) is 4.57 Å². The van der Waals surface area contributed by atoms with E-state index in [2.05, 4.69) is 10.2 Å². The molecule has 1 atom stereocenters. The third-order valence-corrected chi connectivity index (χ3v) is 2.24. The maximum absolute atomic E-state index is 5.84. The molecule has 0 saturated carbocycles. The normalized spacial score (nSPS) is 13.1. The number of hydrogen-bond donors (Lipinski definition) is 0. The summed E-state index contributed by atoms with van der Waals surface area (Å²) in [4.78, 5) is 0. The molecule has 1 aromatic heterocycles. The molecule has 0 N–H and O–H groups in total. The van der Waals surface area contributed by atoms with E-state index in [9.17, 15) is 0 Å². The largest absolute Gasteiger partial charge is 0.382 e. The fourth-order valence-corrected chi connectivity index (χ4v) is 1.38. The Kier molecular flexibility index (Phi) is 4.31. The first kappa shape index (κ1) is 11.4. The lowest BCUT2D eigenvalue weighted by Gasteiger charge is -2.15. The van der Waals surface area contributed by atoms with Crippen LogP contribution in [0, 0.1) is 6.92 Å². The summed E-state index contributed by atoms with van der Waals surface area (Å²) in [5, 5.41) is 7.97. The second kappa shape index (κ2) is 5.29. The number of aryl methyl sites for hydroxylation is 1. The van der Waals surface area contributed by atoms with Crippen LogP contribution in [0.2, 0.25) is 5.28 Å². The molecule has 0 radical (unpaired) electrons. The topological polar surface area (TPSA) is 49.2 Å². The molecule has 5 nitrogen and oxygen atoms in total. The monoisotopic (exact) mass is 219 g/mol. The Morgan fingerprint density at radius 2 is 2.14 bits per heavy atom. The van der Waals surface area contributed by atoms with E-state index in [0.29, 0.717) is 18.4 Å². The Labute approximate surface area is 88.0 Å². The van der Waals surface area contributed by atoms with Crippen LogP contribution < -0.4 is 0 Å². The van der Waals surface area contributed by atoms with E-state index in [1.54, 1.807) is 18.8 Å². The van der Waals surface area contributed by atoms with E-state index in [4.69, 9.17) is 21.1 Å². The summed E-state index contributed by atoms with van der Waals surface area (Å²) >= 11 is 5.84. The van der Waals surface area contributed by atoms with Gasteiger partial charge in [-0.2, -0.15) is 0 Å². The molecule has 0 spiro atoms. The second-order valence-electron chi connectivity index (χ2n) is 2.94. The van der Waals surface area contributed by atoms with Crippen molar-refractivity contribution in [1.29, 1.82) is 0 Å².